The fourth-order valence-electron chi connectivity index (χ4n) is 4.50. The Morgan fingerprint density at radius 1 is 1.08 bits per heavy atom. The summed E-state index contributed by atoms with van der Waals surface area (Å²) in [5, 5.41) is 0. The molecule has 1 saturated heterocycles. The smallest absolute Gasteiger partial charge is 0.254 e. The fourth-order valence-corrected chi connectivity index (χ4v) is 4.50. The number of ether oxygens (including phenoxy) is 1. The van der Waals surface area contributed by atoms with Crippen LogP contribution in [0.3, 0.4) is 0 Å². The third kappa shape index (κ3) is 3.00. The SMILES string of the molecule is COc1ccc(N2C(=O)C3=C(CCCC3)C2CC(=O)N2CCCC2)cc1. The number of hydrogen-bond donors (Lipinski definition) is 0. The van der Waals surface area contributed by atoms with Gasteiger partial charge in [-0.2, -0.15) is 0 Å². The Morgan fingerprint density at radius 2 is 1.77 bits per heavy atom. The first kappa shape index (κ1) is 17.1. The van der Waals surface area contributed by atoms with Gasteiger partial charge in [-0.1, -0.05) is 0 Å². The van der Waals surface area contributed by atoms with Crippen LogP contribution in [0.15, 0.2) is 35.4 Å². The van der Waals surface area contributed by atoms with Crippen LogP contribution in [0.25, 0.3) is 0 Å². The van der Waals surface area contributed by atoms with Crippen molar-refractivity contribution < 1.29 is 14.3 Å². The van der Waals surface area contributed by atoms with Crippen LogP contribution >= 0.6 is 0 Å². The van der Waals surface area contributed by atoms with E-state index in [1.165, 1.54) is 5.57 Å². The van der Waals surface area contributed by atoms with Gasteiger partial charge in [-0.15, -0.1) is 0 Å². The van der Waals surface area contributed by atoms with Crippen LogP contribution in [0.5, 0.6) is 5.75 Å². The quantitative estimate of drug-likeness (QED) is 0.834. The molecule has 2 amide bonds. The lowest BCUT2D eigenvalue weighted by atomic mass is 9.89. The van der Waals surface area contributed by atoms with E-state index in [4.69, 9.17) is 4.74 Å². The second-order valence-electron chi connectivity index (χ2n) is 7.39. The predicted molar refractivity (Wildman–Crippen MR) is 100 cm³/mol. The van der Waals surface area contributed by atoms with Crippen LogP contribution in [-0.2, 0) is 9.59 Å². The maximum Gasteiger partial charge on any atom is 0.254 e. The number of anilines is 1. The molecule has 26 heavy (non-hydrogen) atoms. The van der Waals surface area contributed by atoms with Crippen LogP contribution in [-0.4, -0.2) is 43.0 Å². The van der Waals surface area contributed by atoms with E-state index in [-0.39, 0.29) is 17.9 Å². The summed E-state index contributed by atoms with van der Waals surface area (Å²) in [5.74, 6) is 1.03. The van der Waals surface area contributed by atoms with E-state index >= 15 is 0 Å². The summed E-state index contributed by atoms with van der Waals surface area (Å²) in [6, 6.07) is 7.46. The van der Waals surface area contributed by atoms with E-state index in [0.717, 1.165) is 68.6 Å². The predicted octanol–water partition coefficient (Wildman–Crippen LogP) is 3.29. The van der Waals surface area contributed by atoms with Crippen LogP contribution in [0.1, 0.15) is 44.9 Å². The molecule has 0 bridgehead atoms. The minimum Gasteiger partial charge on any atom is -0.497 e. The molecule has 1 aromatic rings. The molecule has 0 aromatic heterocycles. The maximum atomic E-state index is 13.1. The second kappa shape index (κ2) is 7.14. The number of methoxy groups -OCH3 is 1. The van der Waals surface area contributed by atoms with Gasteiger partial charge in [0.25, 0.3) is 5.91 Å². The molecule has 138 valence electrons. The van der Waals surface area contributed by atoms with E-state index in [1.807, 2.05) is 34.1 Å². The molecule has 0 radical (unpaired) electrons. The van der Waals surface area contributed by atoms with Gasteiger partial charge >= 0.3 is 0 Å². The first-order chi connectivity index (χ1) is 12.7. The first-order valence-corrected chi connectivity index (χ1v) is 9.66. The monoisotopic (exact) mass is 354 g/mol. The van der Waals surface area contributed by atoms with Gasteiger partial charge < -0.3 is 14.5 Å². The summed E-state index contributed by atoms with van der Waals surface area (Å²) in [4.78, 5) is 29.7. The lowest BCUT2D eigenvalue weighted by Crippen LogP contribution is -2.40. The van der Waals surface area contributed by atoms with Crippen molar-refractivity contribution in [1.82, 2.24) is 4.90 Å². The minimum atomic E-state index is -0.126. The zero-order valence-corrected chi connectivity index (χ0v) is 15.4. The minimum absolute atomic E-state index is 0.0871. The van der Waals surface area contributed by atoms with E-state index in [1.54, 1.807) is 7.11 Å². The van der Waals surface area contributed by atoms with Crippen molar-refractivity contribution in [3.05, 3.63) is 35.4 Å². The van der Waals surface area contributed by atoms with Gasteiger partial charge in [-0.25, -0.2) is 0 Å². The molecule has 1 aliphatic carbocycles. The lowest BCUT2D eigenvalue weighted by molar-refractivity contribution is -0.130. The van der Waals surface area contributed by atoms with Gasteiger partial charge in [0.05, 0.1) is 19.6 Å². The molecule has 0 N–H and O–H groups in total. The Balaban J connectivity index is 1.63. The standard InChI is InChI=1S/C21H26N2O3/c1-26-16-10-8-15(9-11-16)23-19(14-20(24)22-12-4-5-13-22)17-6-2-3-7-18(17)21(23)25/h8-11,19H,2-7,12-14H2,1H3. The van der Waals surface area contributed by atoms with E-state index in [9.17, 15) is 9.59 Å². The van der Waals surface area contributed by atoms with E-state index in [2.05, 4.69) is 0 Å². The molecule has 0 spiro atoms. The highest BCUT2D eigenvalue weighted by atomic mass is 16.5. The topological polar surface area (TPSA) is 49.9 Å². The summed E-state index contributed by atoms with van der Waals surface area (Å²) in [6.07, 6.45) is 6.53. The Kier molecular flexibility index (Phi) is 4.70. The van der Waals surface area contributed by atoms with Crippen LogP contribution in [0.4, 0.5) is 5.69 Å². The van der Waals surface area contributed by atoms with Gasteiger partial charge in [-0.05, 0) is 68.4 Å². The summed E-state index contributed by atoms with van der Waals surface area (Å²) in [5.41, 5.74) is 3.00. The molecule has 0 saturated carbocycles. The van der Waals surface area contributed by atoms with Crippen molar-refractivity contribution in [3.8, 4) is 5.75 Å². The van der Waals surface area contributed by atoms with Crippen LogP contribution < -0.4 is 9.64 Å². The van der Waals surface area contributed by atoms with Crippen molar-refractivity contribution in [2.75, 3.05) is 25.1 Å². The molecular weight excluding hydrogens is 328 g/mol. The third-order valence-corrected chi connectivity index (χ3v) is 5.88. The van der Waals surface area contributed by atoms with Gasteiger partial charge in [0.2, 0.25) is 5.91 Å². The summed E-state index contributed by atoms with van der Waals surface area (Å²) < 4.78 is 5.24. The molecule has 5 nitrogen and oxygen atoms in total. The highest BCUT2D eigenvalue weighted by Gasteiger charge is 2.42. The number of amides is 2. The van der Waals surface area contributed by atoms with Crippen LogP contribution in [0.2, 0.25) is 0 Å². The van der Waals surface area contributed by atoms with E-state index in [0.29, 0.717) is 6.42 Å². The number of likely N-dealkylation sites (tertiary alicyclic amines) is 1. The van der Waals surface area contributed by atoms with Crippen molar-refractivity contribution >= 4 is 17.5 Å². The second-order valence-corrected chi connectivity index (χ2v) is 7.39. The van der Waals surface area contributed by atoms with Crippen molar-refractivity contribution in [3.63, 3.8) is 0 Å². The normalized spacial score (nSPS) is 22.8. The maximum absolute atomic E-state index is 13.1. The summed E-state index contributed by atoms with van der Waals surface area (Å²) in [6.45, 7) is 1.71. The van der Waals surface area contributed by atoms with Gasteiger partial charge in [0.15, 0.2) is 0 Å². The Labute approximate surface area is 154 Å². The molecule has 2 heterocycles. The fraction of sp³-hybridized carbons (Fsp3) is 0.524. The zero-order chi connectivity index (χ0) is 18.1. The number of carbonyl (C=O) groups is 2. The molecule has 5 heteroatoms. The van der Waals surface area contributed by atoms with E-state index < -0.39 is 0 Å². The number of rotatable bonds is 4. The van der Waals surface area contributed by atoms with Crippen molar-refractivity contribution in [2.45, 2.75) is 51.0 Å². The van der Waals surface area contributed by atoms with Gasteiger partial charge in [0.1, 0.15) is 5.75 Å². The van der Waals surface area contributed by atoms with Gasteiger partial charge in [0, 0.05) is 24.4 Å². The summed E-state index contributed by atoms with van der Waals surface area (Å²) in [7, 11) is 1.63. The molecule has 1 unspecified atom stereocenters. The Hall–Kier alpha value is -2.30. The largest absolute Gasteiger partial charge is 0.497 e. The molecule has 4 rings (SSSR count). The van der Waals surface area contributed by atoms with Crippen LogP contribution in [0, 0.1) is 0 Å². The first-order valence-electron chi connectivity index (χ1n) is 9.66. The zero-order valence-electron chi connectivity index (χ0n) is 15.4. The average molecular weight is 354 g/mol. The lowest BCUT2D eigenvalue weighted by Gasteiger charge is -2.29. The molecule has 3 aliphatic rings. The number of benzene rings is 1. The number of carbonyl (C=O) groups excluding carboxylic acids is 2. The Bertz CT molecular complexity index is 732. The summed E-state index contributed by atoms with van der Waals surface area (Å²) >= 11 is 0. The van der Waals surface area contributed by atoms with Gasteiger partial charge in [-0.3, -0.25) is 9.59 Å². The highest BCUT2D eigenvalue weighted by Crippen LogP contribution is 2.40. The van der Waals surface area contributed by atoms with Crippen molar-refractivity contribution in [2.24, 2.45) is 0 Å². The highest BCUT2D eigenvalue weighted by molar-refractivity contribution is 6.10. The Morgan fingerprint density at radius 3 is 2.46 bits per heavy atom. The molecular formula is C21H26N2O3. The molecule has 1 fully saturated rings. The average Bonchev–Trinajstić information content (AvgIpc) is 3.30. The number of nitrogens with zero attached hydrogens (tertiary/aromatic N) is 2. The molecule has 1 aromatic carbocycles. The third-order valence-electron chi connectivity index (χ3n) is 5.88. The molecule has 2 aliphatic heterocycles. The molecule has 1 atom stereocenters. The number of hydrogen-bond acceptors (Lipinski definition) is 3. The van der Waals surface area contributed by atoms with Crippen molar-refractivity contribution in [1.29, 1.82) is 0 Å².